The Kier molecular flexibility index (Phi) is 1.80. The molecule has 0 unspecified atom stereocenters. The van der Waals surface area contributed by atoms with Gasteiger partial charge in [-0.2, -0.15) is 0 Å². The third kappa shape index (κ3) is 1.29. The standard InChI is InChI=1S/C13H8O3/c14-12-7-10-5-8-3-1-2-4-9(8)6-11(10)13(15)16-12/h1-6H,7H2. The van der Waals surface area contributed by atoms with Crippen molar-refractivity contribution in [2.75, 3.05) is 0 Å². The number of fused-ring (bicyclic) bond motifs is 2. The minimum Gasteiger partial charge on any atom is -0.389 e. The molecule has 3 heteroatoms. The van der Waals surface area contributed by atoms with Crippen LogP contribution in [-0.2, 0) is 16.0 Å². The minimum atomic E-state index is -0.544. The fraction of sp³-hybridized carbons (Fsp3) is 0.0769. The molecule has 0 amide bonds. The monoisotopic (exact) mass is 212 g/mol. The summed E-state index contributed by atoms with van der Waals surface area (Å²) >= 11 is 0. The van der Waals surface area contributed by atoms with Crippen molar-refractivity contribution >= 4 is 22.7 Å². The average Bonchev–Trinajstić information content (AvgIpc) is 2.27. The van der Waals surface area contributed by atoms with Crippen LogP contribution in [0.25, 0.3) is 10.8 Å². The topological polar surface area (TPSA) is 43.4 Å². The lowest BCUT2D eigenvalue weighted by atomic mass is 9.97. The SMILES string of the molecule is O=C1Cc2cc3ccccc3cc2C(=O)O1. The molecule has 1 aliphatic rings. The zero-order chi connectivity index (χ0) is 11.1. The van der Waals surface area contributed by atoms with Crippen LogP contribution in [0, 0.1) is 0 Å². The molecule has 0 N–H and O–H groups in total. The quantitative estimate of drug-likeness (QED) is 0.496. The Morgan fingerprint density at radius 1 is 1.00 bits per heavy atom. The van der Waals surface area contributed by atoms with Crippen LogP contribution < -0.4 is 0 Å². The molecule has 0 aliphatic carbocycles. The summed E-state index contributed by atoms with van der Waals surface area (Å²) in [6, 6.07) is 11.4. The summed E-state index contributed by atoms with van der Waals surface area (Å²) in [5, 5.41) is 2.01. The lowest BCUT2D eigenvalue weighted by Crippen LogP contribution is -2.22. The van der Waals surface area contributed by atoms with Crippen LogP contribution in [0.3, 0.4) is 0 Å². The van der Waals surface area contributed by atoms with Crippen LogP contribution >= 0.6 is 0 Å². The van der Waals surface area contributed by atoms with E-state index in [4.69, 9.17) is 0 Å². The highest BCUT2D eigenvalue weighted by atomic mass is 16.6. The highest BCUT2D eigenvalue weighted by molar-refractivity contribution is 6.05. The van der Waals surface area contributed by atoms with Crippen LogP contribution in [0.4, 0.5) is 0 Å². The van der Waals surface area contributed by atoms with Gasteiger partial charge in [0.05, 0.1) is 12.0 Å². The molecule has 1 aliphatic heterocycles. The minimum absolute atomic E-state index is 0.173. The van der Waals surface area contributed by atoms with Crippen LogP contribution in [0.15, 0.2) is 36.4 Å². The van der Waals surface area contributed by atoms with Crippen molar-refractivity contribution in [1.82, 2.24) is 0 Å². The normalized spacial score (nSPS) is 14.8. The fourth-order valence-electron chi connectivity index (χ4n) is 1.97. The average molecular weight is 212 g/mol. The van der Waals surface area contributed by atoms with Gasteiger partial charge in [-0.1, -0.05) is 24.3 Å². The number of hydrogen-bond acceptors (Lipinski definition) is 3. The molecular weight excluding hydrogens is 204 g/mol. The van der Waals surface area contributed by atoms with Gasteiger partial charge in [0.1, 0.15) is 0 Å². The summed E-state index contributed by atoms with van der Waals surface area (Å²) in [6.07, 6.45) is 0.173. The molecule has 1 heterocycles. The van der Waals surface area contributed by atoms with Gasteiger partial charge in [-0.3, -0.25) is 4.79 Å². The van der Waals surface area contributed by atoms with Gasteiger partial charge in [-0.05, 0) is 28.5 Å². The summed E-state index contributed by atoms with van der Waals surface area (Å²) < 4.78 is 4.58. The fourth-order valence-corrected chi connectivity index (χ4v) is 1.97. The Morgan fingerprint density at radius 2 is 1.69 bits per heavy atom. The predicted octanol–water partition coefficient (Wildman–Crippen LogP) is 2.08. The maximum absolute atomic E-state index is 11.5. The Labute approximate surface area is 91.6 Å². The van der Waals surface area contributed by atoms with E-state index in [9.17, 15) is 9.59 Å². The molecule has 0 atom stereocenters. The van der Waals surface area contributed by atoms with Crippen LogP contribution in [-0.4, -0.2) is 11.9 Å². The highest BCUT2D eigenvalue weighted by Crippen LogP contribution is 2.24. The predicted molar refractivity (Wildman–Crippen MR) is 58.1 cm³/mol. The van der Waals surface area contributed by atoms with Gasteiger partial charge in [-0.25, -0.2) is 4.79 Å². The second-order valence-electron chi connectivity index (χ2n) is 3.79. The summed E-state index contributed by atoms with van der Waals surface area (Å²) in [5.74, 6) is -1.02. The van der Waals surface area contributed by atoms with Crippen molar-refractivity contribution < 1.29 is 14.3 Å². The van der Waals surface area contributed by atoms with E-state index in [1.54, 1.807) is 6.07 Å². The summed E-state index contributed by atoms with van der Waals surface area (Å²) in [5.41, 5.74) is 1.25. The second-order valence-corrected chi connectivity index (χ2v) is 3.79. The van der Waals surface area contributed by atoms with Crippen molar-refractivity contribution in [3.63, 3.8) is 0 Å². The van der Waals surface area contributed by atoms with E-state index in [1.807, 2.05) is 30.3 Å². The van der Waals surface area contributed by atoms with E-state index in [2.05, 4.69) is 4.74 Å². The van der Waals surface area contributed by atoms with E-state index < -0.39 is 11.9 Å². The maximum atomic E-state index is 11.5. The molecule has 3 nitrogen and oxygen atoms in total. The first-order valence-electron chi connectivity index (χ1n) is 5.01. The number of ether oxygens (including phenoxy) is 1. The van der Waals surface area contributed by atoms with Crippen LogP contribution in [0.1, 0.15) is 15.9 Å². The van der Waals surface area contributed by atoms with E-state index in [1.165, 1.54) is 0 Å². The molecule has 0 saturated heterocycles. The van der Waals surface area contributed by atoms with E-state index >= 15 is 0 Å². The number of rotatable bonds is 0. The first-order chi connectivity index (χ1) is 7.74. The van der Waals surface area contributed by atoms with Gasteiger partial charge in [0.25, 0.3) is 0 Å². The smallest absolute Gasteiger partial charge is 0.346 e. The Bertz CT molecular complexity index is 614. The lowest BCUT2D eigenvalue weighted by Gasteiger charge is -2.14. The molecule has 0 saturated carbocycles. The molecule has 0 bridgehead atoms. The second kappa shape index (κ2) is 3.17. The maximum Gasteiger partial charge on any atom is 0.346 e. The zero-order valence-corrected chi connectivity index (χ0v) is 8.40. The van der Waals surface area contributed by atoms with Gasteiger partial charge in [0.2, 0.25) is 0 Å². The van der Waals surface area contributed by atoms with E-state index in [-0.39, 0.29) is 6.42 Å². The molecule has 0 radical (unpaired) electrons. The largest absolute Gasteiger partial charge is 0.389 e. The summed E-state index contributed by atoms with van der Waals surface area (Å²) in [6.45, 7) is 0. The molecule has 0 fully saturated rings. The summed E-state index contributed by atoms with van der Waals surface area (Å²) in [7, 11) is 0. The number of carbonyl (C=O) groups excluding carboxylic acids is 2. The molecule has 0 spiro atoms. The van der Waals surface area contributed by atoms with Crippen molar-refractivity contribution in [3.8, 4) is 0 Å². The first-order valence-corrected chi connectivity index (χ1v) is 5.01. The van der Waals surface area contributed by atoms with Gasteiger partial charge < -0.3 is 4.74 Å². The molecule has 3 rings (SSSR count). The van der Waals surface area contributed by atoms with Crippen molar-refractivity contribution in [2.45, 2.75) is 6.42 Å². The van der Waals surface area contributed by atoms with Crippen molar-refractivity contribution in [3.05, 3.63) is 47.5 Å². The highest BCUT2D eigenvalue weighted by Gasteiger charge is 2.24. The molecule has 0 aromatic heterocycles. The number of esters is 2. The lowest BCUT2D eigenvalue weighted by molar-refractivity contribution is -0.137. The van der Waals surface area contributed by atoms with Crippen molar-refractivity contribution in [2.24, 2.45) is 0 Å². The van der Waals surface area contributed by atoms with Crippen molar-refractivity contribution in [1.29, 1.82) is 0 Å². The van der Waals surface area contributed by atoms with Gasteiger partial charge >= 0.3 is 11.9 Å². The van der Waals surface area contributed by atoms with E-state index in [0.717, 1.165) is 16.3 Å². The van der Waals surface area contributed by atoms with E-state index in [0.29, 0.717) is 5.56 Å². The summed E-state index contributed by atoms with van der Waals surface area (Å²) in [4.78, 5) is 22.6. The number of carbonyl (C=O) groups is 2. The Hall–Kier alpha value is -2.16. The van der Waals surface area contributed by atoms with Crippen LogP contribution in [0.5, 0.6) is 0 Å². The number of cyclic esters (lactones) is 2. The van der Waals surface area contributed by atoms with Gasteiger partial charge in [-0.15, -0.1) is 0 Å². The van der Waals surface area contributed by atoms with Crippen LogP contribution in [0.2, 0.25) is 0 Å². The molecule has 78 valence electrons. The third-order valence-electron chi connectivity index (χ3n) is 2.73. The molecule has 16 heavy (non-hydrogen) atoms. The first kappa shape index (κ1) is 9.09. The Morgan fingerprint density at radius 3 is 2.44 bits per heavy atom. The molecule has 2 aromatic carbocycles. The molecular formula is C13H8O3. The number of benzene rings is 2. The zero-order valence-electron chi connectivity index (χ0n) is 8.40. The van der Waals surface area contributed by atoms with Gasteiger partial charge in [0.15, 0.2) is 0 Å². The third-order valence-corrected chi connectivity index (χ3v) is 2.73. The number of hydrogen-bond donors (Lipinski definition) is 0. The molecule has 2 aromatic rings. The van der Waals surface area contributed by atoms with Gasteiger partial charge in [0, 0.05) is 0 Å². The Balaban J connectivity index is 2.30.